The second kappa shape index (κ2) is 19.0. The van der Waals surface area contributed by atoms with Crippen LogP contribution < -0.4 is 16.8 Å². The molecule has 12 atom stereocenters. The van der Waals surface area contributed by atoms with Gasteiger partial charge < -0.3 is 70.0 Å². The van der Waals surface area contributed by atoms with Gasteiger partial charge in [-0.3, -0.25) is 19.2 Å². The highest BCUT2D eigenvalue weighted by molar-refractivity contribution is 5.94. The molecule has 1 aliphatic heterocycles. The quantitative estimate of drug-likeness (QED) is 0.0659. The standard InChI is InChI=1S/C46H61N3O19/c1-21-26(64-39(57)33(31(23-14-15-23)49-40(58)68-42(3,4)5)65-41(59)63-20-62-29(52)16-25(47)37(48)55)18-46(60)36(66-38(56)24-12-10-9-11-13-24)34-44(8,35(54)32(53)30(21)43(46,6)7)27(51)17-28-45(34,19-61-28)67-22(2)50/h9-13,23,25-28,31-34,36,51,53,60H,14-20,47H2,1-8H3,(H2,48,55)(H,49,58)/t25-,26-,27-,28+,31-,32+,33+,34-,36-,44+,45-,46+/m0/s1. The van der Waals surface area contributed by atoms with Gasteiger partial charge in [0.1, 0.15) is 35.6 Å². The van der Waals surface area contributed by atoms with E-state index in [0.717, 1.165) is 6.92 Å². The highest BCUT2D eigenvalue weighted by Crippen LogP contribution is 2.64. The molecule has 22 nitrogen and oxygen atoms in total. The van der Waals surface area contributed by atoms with Gasteiger partial charge >= 0.3 is 36.1 Å². The molecule has 0 aromatic heterocycles. The number of ether oxygens (including phenoxy) is 8. The molecule has 0 unspecified atom stereocenters. The predicted molar refractivity (Wildman–Crippen MR) is 229 cm³/mol. The Bertz CT molecular complexity index is 2220. The number of carbonyl (C=O) groups excluding carboxylic acids is 8. The van der Waals surface area contributed by atoms with Crippen LogP contribution in [0.5, 0.6) is 0 Å². The van der Waals surface area contributed by atoms with Gasteiger partial charge in [-0.2, -0.15) is 0 Å². The summed E-state index contributed by atoms with van der Waals surface area (Å²) in [5, 5.41) is 40.4. The van der Waals surface area contributed by atoms with E-state index in [4.69, 9.17) is 49.4 Å². The molecule has 4 aliphatic carbocycles. The van der Waals surface area contributed by atoms with Crippen molar-refractivity contribution in [3.63, 3.8) is 0 Å². The van der Waals surface area contributed by atoms with Crippen LogP contribution in [0.4, 0.5) is 9.59 Å². The molecule has 3 saturated carbocycles. The Morgan fingerprint density at radius 1 is 0.985 bits per heavy atom. The molecule has 1 heterocycles. The summed E-state index contributed by atoms with van der Waals surface area (Å²) in [4.78, 5) is 107. The first-order valence-electron chi connectivity index (χ1n) is 22.2. The van der Waals surface area contributed by atoms with Crippen LogP contribution in [0.1, 0.15) is 97.9 Å². The number of esters is 4. The Hall–Kier alpha value is -5.68. The number of primary amides is 1. The van der Waals surface area contributed by atoms with Crippen molar-refractivity contribution in [2.45, 2.75) is 153 Å². The van der Waals surface area contributed by atoms with E-state index in [2.05, 4.69) is 5.32 Å². The third-order valence-corrected chi connectivity index (χ3v) is 13.9. The number of fused-ring (bicyclic) bond motifs is 5. The summed E-state index contributed by atoms with van der Waals surface area (Å²) in [6.45, 7) is 10.2. The molecule has 8 N–H and O–H groups in total. The third kappa shape index (κ3) is 9.78. The Morgan fingerprint density at radius 2 is 1.63 bits per heavy atom. The van der Waals surface area contributed by atoms with Crippen LogP contribution >= 0.6 is 0 Å². The molecule has 0 radical (unpaired) electrons. The summed E-state index contributed by atoms with van der Waals surface area (Å²) < 4.78 is 44.9. The number of rotatable bonds is 14. The number of amides is 2. The van der Waals surface area contributed by atoms with Crippen molar-refractivity contribution in [3.8, 4) is 0 Å². The molecule has 0 spiro atoms. The van der Waals surface area contributed by atoms with Gasteiger partial charge in [0.05, 0.1) is 48.1 Å². The van der Waals surface area contributed by atoms with Crippen LogP contribution in [0.3, 0.4) is 0 Å². The number of carbonyl (C=O) groups is 8. The topological polar surface area (TPSA) is 335 Å². The Labute approximate surface area is 391 Å². The molecular formula is C46H61N3O19. The molecule has 2 bridgehead atoms. The number of aliphatic hydroxyl groups excluding tert-OH is 2. The zero-order valence-corrected chi connectivity index (χ0v) is 39.1. The van der Waals surface area contributed by atoms with E-state index in [-0.39, 0.29) is 29.7 Å². The van der Waals surface area contributed by atoms with E-state index < -0.39 is 156 Å². The van der Waals surface area contributed by atoms with E-state index in [1.54, 1.807) is 39.0 Å². The van der Waals surface area contributed by atoms with Gasteiger partial charge in [-0.05, 0) is 76.7 Å². The summed E-state index contributed by atoms with van der Waals surface area (Å²) in [6, 6.07) is 4.93. The fourth-order valence-corrected chi connectivity index (χ4v) is 10.2. The zero-order valence-electron chi connectivity index (χ0n) is 39.1. The molecule has 6 rings (SSSR count). The van der Waals surface area contributed by atoms with Gasteiger partial charge in [0, 0.05) is 25.2 Å². The Kier molecular flexibility index (Phi) is 14.5. The average molecular weight is 960 g/mol. The molecule has 1 aromatic carbocycles. The van der Waals surface area contributed by atoms with Gasteiger partial charge in [0.25, 0.3) is 0 Å². The molecule has 374 valence electrons. The van der Waals surface area contributed by atoms with Crippen LogP contribution in [-0.2, 0) is 61.9 Å². The van der Waals surface area contributed by atoms with Crippen LogP contribution in [0.25, 0.3) is 0 Å². The molecular weight excluding hydrogens is 899 g/mol. The number of aliphatic hydroxyl groups is 3. The molecule has 1 aromatic rings. The molecule has 1 saturated heterocycles. The van der Waals surface area contributed by atoms with Crippen molar-refractivity contribution < 1.29 is 91.6 Å². The third-order valence-electron chi connectivity index (χ3n) is 13.9. The second-order valence-electron chi connectivity index (χ2n) is 19.9. The smallest absolute Gasteiger partial charge is 0.455 e. The van der Waals surface area contributed by atoms with Crippen LogP contribution in [0, 0.1) is 22.7 Å². The first kappa shape index (κ1) is 51.7. The van der Waals surface area contributed by atoms with Gasteiger partial charge in [-0.25, -0.2) is 19.2 Å². The summed E-state index contributed by atoms with van der Waals surface area (Å²) >= 11 is 0. The zero-order chi connectivity index (χ0) is 50.5. The molecule has 5 aliphatic rings. The SMILES string of the molecule is CC(=O)O[C@@]12CO[C@@H]1C[C@H](O)[C@@]1(C)C(=O)[C@H](O)C3=C(C)[C@@H](OC(=O)[C@H](OC(=O)OCOC(=O)C[C@H](N)C(N)=O)[C@@H](NC(=O)OC(C)(C)C)C4CC4)C[C@@](O)([C@@H](OC(=O)c4ccccc4)[C@H]21)C3(C)C. The summed E-state index contributed by atoms with van der Waals surface area (Å²) in [5.74, 6) is -8.29. The van der Waals surface area contributed by atoms with E-state index in [1.807, 2.05) is 0 Å². The van der Waals surface area contributed by atoms with Crippen LogP contribution in [-0.4, -0.2) is 142 Å². The maximum atomic E-state index is 15.1. The minimum absolute atomic E-state index is 0.0218. The maximum absolute atomic E-state index is 15.1. The van der Waals surface area contributed by atoms with E-state index in [9.17, 15) is 48.9 Å². The first-order valence-corrected chi connectivity index (χ1v) is 22.2. The number of hydrogen-bond acceptors (Lipinski definition) is 20. The number of nitrogens with one attached hydrogen (secondary N) is 1. The van der Waals surface area contributed by atoms with E-state index >= 15 is 4.79 Å². The van der Waals surface area contributed by atoms with Crippen molar-refractivity contribution in [1.82, 2.24) is 5.32 Å². The lowest BCUT2D eigenvalue weighted by molar-refractivity contribution is -0.346. The molecule has 22 heteroatoms. The van der Waals surface area contributed by atoms with Crippen molar-refractivity contribution in [2.24, 2.45) is 34.1 Å². The summed E-state index contributed by atoms with van der Waals surface area (Å²) in [7, 11) is 0. The highest BCUT2D eigenvalue weighted by Gasteiger charge is 2.78. The normalized spacial score (nSPS) is 31.8. The average Bonchev–Trinajstić information content (AvgIpc) is 4.08. The van der Waals surface area contributed by atoms with E-state index in [1.165, 1.54) is 39.8 Å². The van der Waals surface area contributed by atoms with Gasteiger partial charge in [0.2, 0.25) is 18.8 Å². The highest BCUT2D eigenvalue weighted by atomic mass is 16.8. The van der Waals surface area contributed by atoms with Crippen molar-refractivity contribution in [3.05, 3.63) is 47.0 Å². The fourth-order valence-electron chi connectivity index (χ4n) is 10.2. The van der Waals surface area contributed by atoms with Gasteiger partial charge in [-0.1, -0.05) is 32.0 Å². The lowest BCUT2D eigenvalue weighted by atomic mass is 9.44. The number of ketones is 1. The Balaban J connectivity index is 1.43. The van der Waals surface area contributed by atoms with Gasteiger partial charge in [-0.15, -0.1) is 0 Å². The van der Waals surface area contributed by atoms with Crippen molar-refractivity contribution >= 4 is 47.8 Å². The minimum atomic E-state index is -2.48. The number of hydrogen-bond donors (Lipinski definition) is 6. The summed E-state index contributed by atoms with van der Waals surface area (Å²) in [5.41, 5.74) is 1.35. The lowest BCUT2D eigenvalue weighted by Crippen LogP contribution is -2.81. The van der Waals surface area contributed by atoms with Crippen LogP contribution in [0.15, 0.2) is 41.5 Å². The van der Waals surface area contributed by atoms with Crippen molar-refractivity contribution in [2.75, 3.05) is 13.4 Å². The maximum Gasteiger partial charge on any atom is 0.512 e. The number of Topliss-reactive ketones (excluding diaryl/α,β-unsaturated/α-hetero) is 1. The lowest BCUT2D eigenvalue weighted by Gasteiger charge is -2.67. The van der Waals surface area contributed by atoms with Crippen LogP contribution in [0.2, 0.25) is 0 Å². The molecule has 2 amide bonds. The molecule has 68 heavy (non-hydrogen) atoms. The number of nitrogens with two attached hydrogens (primary N) is 2. The fraction of sp³-hybridized carbons (Fsp3) is 0.652. The molecule has 4 fully saturated rings. The van der Waals surface area contributed by atoms with Gasteiger partial charge in [0.15, 0.2) is 11.4 Å². The summed E-state index contributed by atoms with van der Waals surface area (Å²) in [6.07, 6.45) is -13.6. The first-order chi connectivity index (χ1) is 31.6. The van der Waals surface area contributed by atoms with E-state index in [0.29, 0.717) is 12.8 Å². The monoisotopic (exact) mass is 959 g/mol. The largest absolute Gasteiger partial charge is 0.512 e. The number of alkyl carbamates (subject to hydrolysis) is 1. The minimum Gasteiger partial charge on any atom is -0.455 e. The Morgan fingerprint density at radius 3 is 2.19 bits per heavy atom. The number of benzene rings is 1. The van der Waals surface area contributed by atoms with Crippen molar-refractivity contribution in [1.29, 1.82) is 0 Å². The second-order valence-corrected chi connectivity index (χ2v) is 19.9. The predicted octanol–water partition coefficient (Wildman–Crippen LogP) is 1.16.